The van der Waals surface area contributed by atoms with Crippen LogP contribution in [0.2, 0.25) is 5.02 Å². The Balaban J connectivity index is 2.99. The smallest absolute Gasteiger partial charge is 0.292 e. The van der Waals surface area contributed by atoms with E-state index < -0.39 is 40.7 Å². The summed E-state index contributed by atoms with van der Waals surface area (Å²) in [6.45, 7) is 0. The van der Waals surface area contributed by atoms with Gasteiger partial charge in [-0.05, 0) is 11.6 Å². The number of hydrogen-bond acceptors (Lipinski definition) is 1. The number of carbonyl (C=O) groups excluding carboxylic acids is 1. The zero-order valence-electron chi connectivity index (χ0n) is 8.49. The predicted octanol–water partition coefficient (Wildman–Crippen LogP) is 3.79. The highest BCUT2D eigenvalue weighted by Crippen LogP contribution is 2.37. The van der Waals surface area contributed by atoms with Gasteiger partial charge in [-0.3, -0.25) is 4.79 Å². The molecule has 1 nitrogen and oxygen atoms in total. The highest BCUT2D eigenvalue weighted by atomic mass is 35.5. The summed E-state index contributed by atoms with van der Waals surface area (Å²) in [6.07, 6.45) is -7.28. The molecule has 0 fully saturated rings. The van der Waals surface area contributed by atoms with E-state index in [0.717, 1.165) is 18.2 Å². The molecule has 1 aromatic rings. The summed E-state index contributed by atoms with van der Waals surface area (Å²) in [6, 6.07) is 2.93. The number of benzene rings is 1. The Hall–Kier alpha value is -1.24. The molecule has 0 bridgehead atoms. The van der Waals surface area contributed by atoms with Crippen LogP contribution < -0.4 is 0 Å². The topological polar surface area (TPSA) is 17.1 Å². The van der Waals surface area contributed by atoms with Gasteiger partial charge >= 0.3 is 12.1 Å². The van der Waals surface area contributed by atoms with Crippen molar-refractivity contribution in [3.63, 3.8) is 0 Å². The molecule has 0 unspecified atom stereocenters. The maximum absolute atomic E-state index is 12.9. The molecule has 0 heterocycles. The van der Waals surface area contributed by atoms with E-state index in [1.165, 1.54) is 0 Å². The number of halogens is 7. The van der Waals surface area contributed by atoms with Gasteiger partial charge in [0.2, 0.25) is 5.78 Å². The third-order valence-electron chi connectivity index (χ3n) is 2.09. The summed E-state index contributed by atoms with van der Waals surface area (Å²) in [4.78, 5) is 10.9. The van der Waals surface area contributed by atoms with Crippen molar-refractivity contribution in [2.45, 2.75) is 18.5 Å². The van der Waals surface area contributed by atoms with Gasteiger partial charge in [0, 0.05) is 6.42 Å². The van der Waals surface area contributed by atoms with Crippen LogP contribution in [-0.4, -0.2) is 17.9 Å². The maximum atomic E-state index is 12.9. The van der Waals surface area contributed by atoms with E-state index in [4.69, 9.17) is 11.6 Å². The quantitative estimate of drug-likeness (QED) is 0.774. The van der Waals surface area contributed by atoms with Gasteiger partial charge in [-0.15, -0.1) is 0 Å². The Morgan fingerprint density at radius 3 is 2.22 bits per heavy atom. The van der Waals surface area contributed by atoms with Crippen LogP contribution in [0.15, 0.2) is 18.2 Å². The van der Waals surface area contributed by atoms with Crippen molar-refractivity contribution in [2.24, 2.45) is 0 Å². The van der Waals surface area contributed by atoms with Crippen molar-refractivity contribution in [3.8, 4) is 0 Å². The van der Waals surface area contributed by atoms with Crippen LogP contribution >= 0.6 is 11.6 Å². The lowest BCUT2D eigenvalue weighted by molar-refractivity contribution is -0.268. The molecule has 0 aromatic heterocycles. The average Bonchev–Trinajstić information content (AvgIpc) is 2.23. The van der Waals surface area contributed by atoms with Gasteiger partial charge in [0.25, 0.3) is 0 Å². The average molecular weight is 291 g/mol. The molecule has 8 heteroatoms. The molecule has 0 spiro atoms. The fourth-order valence-electron chi connectivity index (χ4n) is 1.13. The largest absolute Gasteiger partial charge is 0.461 e. The molecule has 0 aliphatic carbocycles. The fraction of sp³-hybridized carbons (Fsp3) is 0.300. The maximum Gasteiger partial charge on any atom is 0.461 e. The van der Waals surface area contributed by atoms with E-state index in [1.807, 2.05) is 0 Å². The zero-order valence-corrected chi connectivity index (χ0v) is 9.25. The molecule has 0 saturated carbocycles. The Bertz CT molecular complexity index is 468. The minimum atomic E-state index is -5.98. The number of Topliss-reactive ketones (excluding diaryl/α,β-unsaturated/α-hetero) is 1. The first-order chi connectivity index (χ1) is 8.07. The van der Waals surface area contributed by atoms with Gasteiger partial charge in [0.05, 0.1) is 5.02 Å². The molecular formula is C10H5ClF6O. The first-order valence-electron chi connectivity index (χ1n) is 4.48. The molecule has 0 aliphatic rings. The molecule has 0 atom stereocenters. The normalized spacial score (nSPS) is 12.6. The van der Waals surface area contributed by atoms with Crippen molar-refractivity contribution < 1.29 is 31.1 Å². The molecule has 0 amide bonds. The van der Waals surface area contributed by atoms with Gasteiger partial charge in [-0.2, -0.15) is 22.0 Å². The van der Waals surface area contributed by atoms with Crippen molar-refractivity contribution in [3.05, 3.63) is 34.6 Å². The van der Waals surface area contributed by atoms with Crippen molar-refractivity contribution in [2.75, 3.05) is 0 Å². The van der Waals surface area contributed by atoms with Gasteiger partial charge in [-0.1, -0.05) is 23.7 Å². The minimum Gasteiger partial charge on any atom is -0.292 e. The second kappa shape index (κ2) is 4.79. The Kier molecular flexibility index (Phi) is 3.95. The van der Waals surface area contributed by atoms with Gasteiger partial charge in [-0.25, -0.2) is 4.39 Å². The second-order valence-electron chi connectivity index (χ2n) is 3.39. The Labute approximate surface area is 102 Å². The van der Waals surface area contributed by atoms with Crippen LogP contribution in [0.3, 0.4) is 0 Å². The third-order valence-corrected chi connectivity index (χ3v) is 2.51. The lowest BCUT2D eigenvalue weighted by Gasteiger charge is -2.18. The zero-order chi connectivity index (χ0) is 14.1. The third kappa shape index (κ3) is 2.77. The number of rotatable bonds is 3. The van der Waals surface area contributed by atoms with E-state index in [1.54, 1.807) is 0 Å². The highest BCUT2D eigenvalue weighted by Gasteiger charge is 2.62. The Morgan fingerprint density at radius 2 is 1.72 bits per heavy atom. The summed E-state index contributed by atoms with van der Waals surface area (Å²) in [5.41, 5.74) is -0.425. The summed E-state index contributed by atoms with van der Waals surface area (Å²) < 4.78 is 73.8. The van der Waals surface area contributed by atoms with Crippen molar-refractivity contribution in [1.82, 2.24) is 0 Å². The standard InChI is InChI=1S/C10H5ClF6O/c11-8-5(2-1-3-6(8)12)4-7(18)9(13,14)10(15,16)17/h1-3H,4H2. The van der Waals surface area contributed by atoms with Crippen LogP contribution in [0.4, 0.5) is 26.3 Å². The van der Waals surface area contributed by atoms with E-state index in [0.29, 0.717) is 0 Å². The van der Waals surface area contributed by atoms with E-state index in [-0.39, 0.29) is 0 Å². The van der Waals surface area contributed by atoms with Crippen LogP contribution in [0.5, 0.6) is 0 Å². The SMILES string of the molecule is O=C(Cc1cccc(F)c1Cl)C(F)(F)C(F)(F)F. The first-order valence-corrected chi connectivity index (χ1v) is 4.86. The van der Waals surface area contributed by atoms with Crippen LogP contribution in [-0.2, 0) is 11.2 Å². The lowest BCUT2D eigenvalue weighted by Crippen LogP contribution is -2.44. The minimum absolute atomic E-state index is 0.425. The summed E-state index contributed by atoms with van der Waals surface area (Å²) in [7, 11) is 0. The molecule has 0 radical (unpaired) electrons. The van der Waals surface area contributed by atoms with E-state index >= 15 is 0 Å². The number of alkyl halides is 5. The number of hydrogen-bond donors (Lipinski definition) is 0. The molecule has 1 aromatic carbocycles. The van der Waals surface area contributed by atoms with Gasteiger partial charge in [0.1, 0.15) is 5.82 Å². The van der Waals surface area contributed by atoms with E-state index in [9.17, 15) is 31.1 Å². The molecule has 18 heavy (non-hydrogen) atoms. The first kappa shape index (κ1) is 14.8. The molecule has 0 aliphatic heterocycles. The van der Waals surface area contributed by atoms with Crippen molar-refractivity contribution >= 4 is 17.4 Å². The predicted molar refractivity (Wildman–Crippen MR) is 51.1 cm³/mol. The van der Waals surface area contributed by atoms with Crippen LogP contribution in [0, 0.1) is 5.82 Å². The molecule has 0 saturated heterocycles. The van der Waals surface area contributed by atoms with Gasteiger partial charge in [0.15, 0.2) is 0 Å². The van der Waals surface area contributed by atoms with Crippen LogP contribution in [0.1, 0.15) is 5.56 Å². The van der Waals surface area contributed by atoms with Crippen molar-refractivity contribution in [1.29, 1.82) is 0 Å². The summed E-state index contributed by atoms with van der Waals surface area (Å²) in [5, 5.41) is -0.649. The molecular weight excluding hydrogens is 286 g/mol. The fourth-order valence-corrected chi connectivity index (χ4v) is 1.32. The van der Waals surface area contributed by atoms with Crippen LogP contribution in [0.25, 0.3) is 0 Å². The highest BCUT2D eigenvalue weighted by molar-refractivity contribution is 6.31. The summed E-state index contributed by atoms with van der Waals surface area (Å²) in [5.74, 6) is -8.87. The molecule has 100 valence electrons. The second-order valence-corrected chi connectivity index (χ2v) is 3.76. The molecule has 0 N–H and O–H groups in total. The lowest BCUT2D eigenvalue weighted by atomic mass is 10.0. The summed E-state index contributed by atoms with van der Waals surface area (Å²) >= 11 is 5.35. The van der Waals surface area contributed by atoms with E-state index in [2.05, 4.69) is 0 Å². The Morgan fingerprint density at radius 1 is 1.17 bits per heavy atom. The number of ketones is 1. The van der Waals surface area contributed by atoms with Gasteiger partial charge < -0.3 is 0 Å². The molecule has 1 rings (SSSR count). The number of carbonyl (C=O) groups is 1. The monoisotopic (exact) mass is 290 g/mol.